The first-order chi connectivity index (χ1) is 21.0. The molecule has 3 heteroatoms. The summed E-state index contributed by atoms with van der Waals surface area (Å²) >= 11 is -4.92. The molecule has 2 aliphatic carbocycles. The average Bonchev–Trinajstić information content (AvgIpc) is 3.55. The molecule has 0 amide bonds. The van der Waals surface area contributed by atoms with Gasteiger partial charge in [0.15, 0.2) is 0 Å². The van der Waals surface area contributed by atoms with Crippen LogP contribution >= 0.6 is 0 Å². The van der Waals surface area contributed by atoms with Crippen LogP contribution < -0.4 is 31.4 Å². The molecule has 0 saturated heterocycles. The Morgan fingerprint density at radius 1 is 0.553 bits per heavy atom. The van der Waals surface area contributed by atoms with Crippen LogP contribution in [0.3, 0.4) is 0 Å². The summed E-state index contributed by atoms with van der Waals surface area (Å²) in [5, 5.41) is 0. The molecule has 47 heavy (non-hydrogen) atoms. The van der Waals surface area contributed by atoms with Crippen LogP contribution in [0, 0.1) is 11.3 Å². The van der Waals surface area contributed by atoms with E-state index in [1.807, 2.05) is 0 Å². The smallest absolute Gasteiger partial charge is 1.00 e. The van der Waals surface area contributed by atoms with E-state index in [1.54, 1.807) is 3.28 Å². The number of hydrogen-bond donors (Lipinski definition) is 0. The third-order valence-electron chi connectivity index (χ3n) is 11.0. The second-order valence-electron chi connectivity index (χ2n) is 17.1. The summed E-state index contributed by atoms with van der Waals surface area (Å²) in [6, 6.07) is 37.8. The van der Waals surface area contributed by atoms with E-state index in [9.17, 15) is 0 Å². The molecule has 0 N–H and O–H groups in total. The molecule has 0 spiro atoms. The molecule has 0 bridgehead atoms. The van der Waals surface area contributed by atoms with Crippen molar-refractivity contribution >= 4 is 10.8 Å². The Kier molecular flexibility index (Phi) is 10.0. The van der Waals surface area contributed by atoms with Gasteiger partial charge in [0.25, 0.3) is 0 Å². The van der Waals surface area contributed by atoms with Gasteiger partial charge in [-0.2, -0.15) is 0 Å². The predicted octanol–water partition coefficient (Wildman–Crippen LogP) is 4.64. The molecule has 246 valence electrons. The minimum atomic E-state index is -4.92. The Morgan fingerprint density at radius 2 is 0.957 bits per heavy atom. The van der Waals surface area contributed by atoms with Crippen molar-refractivity contribution in [2.24, 2.45) is 11.3 Å². The summed E-state index contributed by atoms with van der Waals surface area (Å²) in [6.45, 7) is 23.6. The molecular formula is C44H52Cl2Zr. The third kappa shape index (κ3) is 5.88. The van der Waals surface area contributed by atoms with Crippen LogP contribution in [0.1, 0.15) is 95.1 Å². The first kappa shape index (κ1) is 37.5. The molecule has 2 aliphatic rings. The Labute approximate surface area is 298 Å². The quantitative estimate of drug-likeness (QED) is 0.286. The minimum absolute atomic E-state index is 0. The van der Waals surface area contributed by atoms with Crippen molar-refractivity contribution in [3.63, 3.8) is 0 Å². The maximum absolute atomic E-state index is 5.86. The van der Waals surface area contributed by atoms with Gasteiger partial charge in [-0.1, -0.05) is 0 Å². The van der Waals surface area contributed by atoms with Crippen molar-refractivity contribution in [3.05, 3.63) is 140 Å². The molecule has 0 nitrogen and oxygen atoms in total. The van der Waals surface area contributed by atoms with Crippen LogP contribution in [-0.4, -0.2) is 4.21 Å². The molecule has 6 rings (SSSR count). The third-order valence-corrected chi connectivity index (χ3v) is 28.5. The SMILES string of the molecule is [CH2]=[Zr+2]([C]1=CC(C(C)(C)C)=CC1C)([c]1ccccc1)([c]1ccccc1)[CH]1c2cc(C(C)(C)C)ccc2-c2ccc(C(C)(C)C)cc21.[Cl-].[Cl-]. The van der Waals surface area contributed by atoms with E-state index in [0.717, 1.165) is 0 Å². The molecule has 1 unspecified atom stereocenters. The van der Waals surface area contributed by atoms with E-state index in [2.05, 4.69) is 178 Å². The van der Waals surface area contributed by atoms with E-state index in [-0.39, 0.29) is 44.7 Å². The number of allylic oxidation sites excluding steroid dienone is 4. The van der Waals surface area contributed by atoms with Crippen molar-refractivity contribution < 1.29 is 43.1 Å². The van der Waals surface area contributed by atoms with Gasteiger partial charge in [-0.15, -0.1) is 0 Å². The molecule has 0 aromatic heterocycles. The van der Waals surface area contributed by atoms with Gasteiger partial charge in [0, 0.05) is 0 Å². The zero-order valence-corrected chi connectivity index (χ0v) is 34.0. The minimum Gasteiger partial charge on any atom is -1.00 e. The van der Waals surface area contributed by atoms with E-state index >= 15 is 0 Å². The summed E-state index contributed by atoms with van der Waals surface area (Å²) in [5.41, 5.74) is 10.1. The molecular weight excluding hydrogens is 691 g/mol. The fraction of sp³-hybridized carbons (Fsp3) is 0.341. The van der Waals surface area contributed by atoms with E-state index in [0.29, 0.717) is 5.92 Å². The molecule has 4 aromatic rings. The first-order valence-electron chi connectivity index (χ1n) is 16.8. The molecule has 0 heterocycles. The van der Waals surface area contributed by atoms with Crippen LogP contribution in [0.15, 0.2) is 118 Å². The summed E-state index contributed by atoms with van der Waals surface area (Å²) in [7, 11) is 0. The van der Waals surface area contributed by atoms with Crippen LogP contribution in [0.25, 0.3) is 11.1 Å². The normalized spacial score (nSPS) is 16.3. The zero-order chi connectivity index (χ0) is 32.6. The van der Waals surface area contributed by atoms with Crippen LogP contribution in [0.4, 0.5) is 0 Å². The number of fused-ring (bicyclic) bond motifs is 3. The summed E-state index contributed by atoms with van der Waals surface area (Å²) < 4.78 is 10.5. The van der Waals surface area contributed by atoms with Gasteiger partial charge in [0.05, 0.1) is 0 Å². The standard InChI is InChI=1S/C21H25.C10H15.2C6H5.CH2.2ClH.Zr/c1-20(2,3)16-7-9-18-14(12-16)11-15-13-17(21(4,5)6)8-10-19(15)18;1-8-5-6-9(7-8)10(2,3)4;2*1-2-4-6-5-3-1;;;;/h7-13H,1-6H3;6-8H,1-4H3;2*1-5H;1H2;2*1H;/q;;;;;;;+2/p-2. The van der Waals surface area contributed by atoms with Gasteiger partial charge in [-0.25, -0.2) is 0 Å². The fourth-order valence-corrected chi connectivity index (χ4v) is 26.5. The van der Waals surface area contributed by atoms with Crippen molar-refractivity contribution in [2.45, 2.75) is 83.7 Å². The maximum atomic E-state index is 5.86. The van der Waals surface area contributed by atoms with Crippen LogP contribution in [-0.2, 0) is 29.1 Å². The Bertz CT molecular complexity index is 1800. The fourth-order valence-electron chi connectivity index (χ4n) is 8.38. The Morgan fingerprint density at radius 3 is 1.30 bits per heavy atom. The van der Waals surface area contributed by atoms with Gasteiger partial charge in [-0.05, 0) is 0 Å². The molecule has 0 radical (unpaired) electrons. The Balaban J connectivity index is 0.00000250. The Hall–Kier alpha value is -2.31. The molecule has 1 atom stereocenters. The summed E-state index contributed by atoms with van der Waals surface area (Å²) in [5.74, 6) is 0.298. The molecule has 0 saturated carbocycles. The van der Waals surface area contributed by atoms with Crippen molar-refractivity contribution in [1.82, 2.24) is 0 Å². The van der Waals surface area contributed by atoms with E-state index in [4.69, 9.17) is 4.21 Å². The number of rotatable bonds is 4. The average molecular weight is 743 g/mol. The molecule has 4 aromatic carbocycles. The van der Waals surface area contributed by atoms with Gasteiger partial charge in [-0.3, -0.25) is 0 Å². The van der Waals surface area contributed by atoms with Crippen molar-refractivity contribution in [1.29, 1.82) is 0 Å². The van der Waals surface area contributed by atoms with Gasteiger partial charge in [0.1, 0.15) is 0 Å². The summed E-state index contributed by atoms with van der Waals surface area (Å²) in [6.07, 6.45) is 5.16. The van der Waals surface area contributed by atoms with Crippen LogP contribution in [0.5, 0.6) is 0 Å². The zero-order valence-electron chi connectivity index (χ0n) is 30.0. The second kappa shape index (κ2) is 12.5. The van der Waals surface area contributed by atoms with Gasteiger partial charge >= 0.3 is 276 Å². The number of benzene rings is 4. The topological polar surface area (TPSA) is 0 Å². The molecule has 0 aliphatic heterocycles. The monoisotopic (exact) mass is 740 g/mol. The maximum Gasteiger partial charge on any atom is -1.00 e. The number of hydrogen-bond acceptors (Lipinski definition) is 0. The second-order valence-corrected chi connectivity index (χ2v) is 30.3. The first-order valence-corrected chi connectivity index (χ1v) is 23.7. The van der Waals surface area contributed by atoms with Gasteiger partial charge in [0.2, 0.25) is 0 Å². The largest absolute Gasteiger partial charge is 1.00 e. The summed E-state index contributed by atoms with van der Waals surface area (Å²) in [4.78, 5) is 0. The van der Waals surface area contributed by atoms with Crippen molar-refractivity contribution in [3.8, 4) is 11.1 Å². The number of halogens is 2. The molecule has 0 fully saturated rings. The van der Waals surface area contributed by atoms with Gasteiger partial charge < -0.3 is 24.8 Å². The van der Waals surface area contributed by atoms with E-state index < -0.39 is 18.3 Å². The van der Waals surface area contributed by atoms with Crippen LogP contribution in [0.2, 0.25) is 0 Å². The van der Waals surface area contributed by atoms with E-state index in [1.165, 1.54) is 45.5 Å². The predicted molar refractivity (Wildman–Crippen MR) is 195 cm³/mol. The van der Waals surface area contributed by atoms with Crippen molar-refractivity contribution in [2.75, 3.05) is 0 Å².